The van der Waals surface area contributed by atoms with E-state index in [0.29, 0.717) is 16.3 Å². The minimum Gasteiger partial charge on any atom is -0.321 e. The largest absolute Gasteiger partial charge is 0.321 e. The zero-order chi connectivity index (χ0) is 17.9. The van der Waals surface area contributed by atoms with Crippen molar-refractivity contribution < 1.29 is 13.2 Å². The predicted molar refractivity (Wildman–Crippen MR) is 96.0 cm³/mol. The number of amides is 1. The van der Waals surface area contributed by atoms with E-state index in [0.717, 1.165) is 5.56 Å². The third-order valence-corrected chi connectivity index (χ3v) is 5.18. The molecule has 0 aliphatic rings. The van der Waals surface area contributed by atoms with Crippen molar-refractivity contribution in [2.75, 3.05) is 5.32 Å². The van der Waals surface area contributed by atoms with E-state index < -0.39 is 10.0 Å². The van der Waals surface area contributed by atoms with E-state index in [-0.39, 0.29) is 16.8 Å². The Hall–Kier alpha value is -1.89. The number of rotatable bonds is 5. The van der Waals surface area contributed by atoms with Crippen LogP contribution in [0.25, 0.3) is 0 Å². The quantitative estimate of drug-likeness (QED) is 0.849. The van der Waals surface area contributed by atoms with Crippen LogP contribution in [0.5, 0.6) is 0 Å². The molecular formula is C17H19ClN2O3S. The molecule has 0 fully saturated rings. The van der Waals surface area contributed by atoms with Crippen LogP contribution in [0.2, 0.25) is 5.02 Å². The summed E-state index contributed by atoms with van der Waals surface area (Å²) in [6, 6.07) is 10.8. The standard InChI is InChI=1S/C17H19ClN2O3S/c1-11(2)20-24(22,23)14-7-5-13(6-8-14)17(21)19-16-9-4-12(3)10-15(16)18/h4-11,20H,1-3H3,(H,19,21). The fourth-order valence-electron chi connectivity index (χ4n) is 2.08. The van der Waals surface area contributed by atoms with Crippen LogP contribution in [0, 0.1) is 6.92 Å². The van der Waals surface area contributed by atoms with E-state index in [1.165, 1.54) is 24.3 Å². The van der Waals surface area contributed by atoms with Gasteiger partial charge < -0.3 is 5.32 Å². The number of carbonyl (C=O) groups is 1. The smallest absolute Gasteiger partial charge is 0.255 e. The Morgan fingerprint density at radius 1 is 1.08 bits per heavy atom. The number of nitrogens with one attached hydrogen (secondary N) is 2. The molecule has 7 heteroatoms. The maximum Gasteiger partial charge on any atom is 0.255 e. The average Bonchev–Trinajstić information content (AvgIpc) is 2.49. The van der Waals surface area contributed by atoms with Crippen molar-refractivity contribution in [2.45, 2.75) is 31.7 Å². The van der Waals surface area contributed by atoms with Crippen molar-refractivity contribution in [3.8, 4) is 0 Å². The molecule has 2 aromatic carbocycles. The maximum atomic E-state index is 12.3. The molecule has 0 aromatic heterocycles. The zero-order valence-electron chi connectivity index (χ0n) is 13.6. The summed E-state index contributed by atoms with van der Waals surface area (Å²) >= 11 is 6.09. The third-order valence-electron chi connectivity index (χ3n) is 3.19. The molecule has 0 saturated carbocycles. The molecule has 0 bridgehead atoms. The van der Waals surface area contributed by atoms with Gasteiger partial charge in [0, 0.05) is 11.6 Å². The molecule has 0 atom stereocenters. The Morgan fingerprint density at radius 3 is 2.25 bits per heavy atom. The van der Waals surface area contributed by atoms with Crippen LogP contribution in [-0.4, -0.2) is 20.4 Å². The molecule has 2 aromatic rings. The van der Waals surface area contributed by atoms with Crippen molar-refractivity contribution in [2.24, 2.45) is 0 Å². The van der Waals surface area contributed by atoms with Gasteiger partial charge in [-0.05, 0) is 62.7 Å². The van der Waals surface area contributed by atoms with Crippen LogP contribution in [0.1, 0.15) is 29.8 Å². The lowest BCUT2D eigenvalue weighted by atomic mass is 10.2. The van der Waals surface area contributed by atoms with Gasteiger partial charge in [-0.2, -0.15) is 0 Å². The summed E-state index contributed by atoms with van der Waals surface area (Å²) in [5, 5.41) is 3.16. The lowest BCUT2D eigenvalue weighted by Crippen LogP contribution is -2.30. The van der Waals surface area contributed by atoms with Crippen molar-refractivity contribution >= 4 is 33.2 Å². The Bertz CT molecular complexity index is 847. The summed E-state index contributed by atoms with van der Waals surface area (Å²) in [7, 11) is -3.58. The number of aryl methyl sites for hydroxylation is 1. The highest BCUT2D eigenvalue weighted by molar-refractivity contribution is 7.89. The monoisotopic (exact) mass is 366 g/mol. The summed E-state index contributed by atoms with van der Waals surface area (Å²) in [5.74, 6) is -0.360. The molecular weight excluding hydrogens is 348 g/mol. The van der Waals surface area contributed by atoms with Gasteiger partial charge in [0.2, 0.25) is 10.0 Å². The molecule has 128 valence electrons. The van der Waals surface area contributed by atoms with Gasteiger partial charge in [0.15, 0.2) is 0 Å². The van der Waals surface area contributed by atoms with Gasteiger partial charge in [0.25, 0.3) is 5.91 Å². The lowest BCUT2D eigenvalue weighted by Gasteiger charge is -2.11. The van der Waals surface area contributed by atoms with Crippen molar-refractivity contribution in [3.63, 3.8) is 0 Å². The first-order chi connectivity index (χ1) is 11.2. The van der Waals surface area contributed by atoms with Gasteiger partial charge in [-0.3, -0.25) is 4.79 Å². The fourth-order valence-corrected chi connectivity index (χ4v) is 3.61. The number of hydrogen-bond acceptors (Lipinski definition) is 3. The molecule has 0 aliphatic heterocycles. The van der Waals surface area contributed by atoms with E-state index in [1.807, 2.05) is 13.0 Å². The minimum atomic E-state index is -3.58. The Labute approximate surface area is 147 Å². The molecule has 1 amide bonds. The maximum absolute atomic E-state index is 12.3. The first kappa shape index (κ1) is 18.4. The second-order valence-corrected chi connectivity index (χ2v) is 7.86. The Balaban J connectivity index is 2.17. The summed E-state index contributed by atoms with van der Waals surface area (Å²) < 4.78 is 26.6. The first-order valence-electron chi connectivity index (χ1n) is 7.39. The second kappa shape index (κ2) is 7.34. The number of benzene rings is 2. The number of carbonyl (C=O) groups excluding carboxylic acids is 1. The Morgan fingerprint density at radius 2 is 1.71 bits per heavy atom. The first-order valence-corrected chi connectivity index (χ1v) is 9.25. The summed E-state index contributed by atoms with van der Waals surface area (Å²) in [6.45, 7) is 5.39. The molecule has 0 radical (unpaired) electrons. The molecule has 0 unspecified atom stereocenters. The van der Waals surface area contributed by atoms with E-state index >= 15 is 0 Å². The van der Waals surface area contributed by atoms with E-state index in [9.17, 15) is 13.2 Å². The third kappa shape index (κ3) is 4.56. The molecule has 0 aliphatic carbocycles. The van der Waals surface area contributed by atoms with Gasteiger partial charge >= 0.3 is 0 Å². The van der Waals surface area contributed by atoms with Crippen LogP contribution < -0.4 is 10.0 Å². The molecule has 5 nitrogen and oxygen atoms in total. The van der Waals surface area contributed by atoms with E-state index in [1.54, 1.807) is 26.0 Å². The number of sulfonamides is 1. The SMILES string of the molecule is Cc1ccc(NC(=O)c2ccc(S(=O)(=O)NC(C)C)cc2)c(Cl)c1. The normalized spacial score (nSPS) is 11.5. The number of anilines is 1. The van der Waals surface area contributed by atoms with Gasteiger partial charge in [0.05, 0.1) is 15.6 Å². The van der Waals surface area contributed by atoms with Crippen LogP contribution >= 0.6 is 11.6 Å². The topological polar surface area (TPSA) is 75.3 Å². The number of hydrogen-bond donors (Lipinski definition) is 2. The van der Waals surface area contributed by atoms with Crippen molar-refractivity contribution in [1.82, 2.24) is 4.72 Å². The average molecular weight is 367 g/mol. The fraction of sp³-hybridized carbons (Fsp3) is 0.235. The second-order valence-electron chi connectivity index (χ2n) is 5.74. The molecule has 2 rings (SSSR count). The van der Waals surface area contributed by atoms with E-state index in [4.69, 9.17) is 11.6 Å². The summed E-state index contributed by atoms with van der Waals surface area (Å²) in [6.07, 6.45) is 0. The molecule has 0 saturated heterocycles. The highest BCUT2D eigenvalue weighted by atomic mass is 35.5. The zero-order valence-corrected chi connectivity index (χ0v) is 15.2. The summed E-state index contributed by atoms with van der Waals surface area (Å²) in [5.41, 5.74) is 1.84. The van der Waals surface area contributed by atoms with Crippen LogP contribution in [-0.2, 0) is 10.0 Å². The van der Waals surface area contributed by atoms with Crippen molar-refractivity contribution in [1.29, 1.82) is 0 Å². The van der Waals surface area contributed by atoms with Gasteiger partial charge in [-0.25, -0.2) is 13.1 Å². The van der Waals surface area contributed by atoms with Gasteiger partial charge in [-0.1, -0.05) is 17.7 Å². The van der Waals surface area contributed by atoms with Crippen LogP contribution in [0.15, 0.2) is 47.4 Å². The van der Waals surface area contributed by atoms with Crippen molar-refractivity contribution in [3.05, 3.63) is 58.6 Å². The van der Waals surface area contributed by atoms with Gasteiger partial charge in [0.1, 0.15) is 0 Å². The van der Waals surface area contributed by atoms with Crippen LogP contribution in [0.4, 0.5) is 5.69 Å². The lowest BCUT2D eigenvalue weighted by molar-refractivity contribution is 0.102. The number of halogens is 1. The van der Waals surface area contributed by atoms with Crippen LogP contribution in [0.3, 0.4) is 0 Å². The van der Waals surface area contributed by atoms with E-state index in [2.05, 4.69) is 10.0 Å². The molecule has 0 spiro atoms. The minimum absolute atomic E-state index is 0.112. The molecule has 24 heavy (non-hydrogen) atoms. The molecule has 2 N–H and O–H groups in total. The molecule has 0 heterocycles. The summed E-state index contributed by atoms with van der Waals surface area (Å²) in [4.78, 5) is 12.4. The Kier molecular flexibility index (Phi) is 5.64. The van der Waals surface area contributed by atoms with Gasteiger partial charge in [-0.15, -0.1) is 0 Å². The highest BCUT2D eigenvalue weighted by Crippen LogP contribution is 2.23. The highest BCUT2D eigenvalue weighted by Gasteiger charge is 2.16. The predicted octanol–water partition coefficient (Wildman–Crippen LogP) is 3.59.